The van der Waals surface area contributed by atoms with Gasteiger partial charge in [0.15, 0.2) is 5.78 Å². The molecule has 0 heterocycles. The number of ether oxygens (including phenoxy) is 1. The van der Waals surface area contributed by atoms with Crippen molar-refractivity contribution in [2.75, 3.05) is 7.11 Å². The van der Waals surface area contributed by atoms with Crippen molar-refractivity contribution in [2.45, 2.75) is 26.7 Å². The van der Waals surface area contributed by atoms with E-state index >= 15 is 0 Å². The van der Waals surface area contributed by atoms with Crippen LogP contribution in [0.25, 0.3) is 0 Å². The number of carbonyl (C=O) groups is 1. The quantitative estimate of drug-likeness (QED) is 0.726. The number of methoxy groups -OCH3 is 1. The van der Waals surface area contributed by atoms with Crippen LogP contribution in [0.5, 0.6) is 5.75 Å². The molecule has 0 fully saturated rings. The standard InChI is InChI=1S/C18H19BrO2/c1-4-12-6-7-13(5-2)16(10-12)18(20)15-9-8-14(19)11-17(15)21-3/h6-11H,4-5H2,1-3H3. The molecule has 0 aliphatic carbocycles. The fourth-order valence-corrected chi connectivity index (χ4v) is 2.70. The van der Waals surface area contributed by atoms with Crippen LogP contribution < -0.4 is 4.74 Å². The Morgan fingerprint density at radius 2 is 1.81 bits per heavy atom. The zero-order valence-electron chi connectivity index (χ0n) is 12.6. The highest BCUT2D eigenvalue weighted by Gasteiger charge is 2.17. The van der Waals surface area contributed by atoms with E-state index in [4.69, 9.17) is 4.74 Å². The van der Waals surface area contributed by atoms with E-state index in [2.05, 4.69) is 41.9 Å². The third-order valence-corrected chi connectivity index (χ3v) is 4.11. The lowest BCUT2D eigenvalue weighted by Crippen LogP contribution is -2.08. The molecule has 0 amide bonds. The highest BCUT2D eigenvalue weighted by Crippen LogP contribution is 2.27. The summed E-state index contributed by atoms with van der Waals surface area (Å²) in [6.45, 7) is 4.16. The van der Waals surface area contributed by atoms with Gasteiger partial charge in [0.25, 0.3) is 0 Å². The third-order valence-electron chi connectivity index (χ3n) is 3.62. The van der Waals surface area contributed by atoms with E-state index in [0.717, 1.165) is 28.4 Å². The number of rotatable bonds is 5. The normalized spacial score (nSPS) is 10.5. The number of aryl methyl sites for hydroxylation is 2. The van der Waals surface area contributed by atoms with Crippen molar-refractivity contribution in [3.63, 3.8) is 0 Å². The zero-order valence-corrected chi connectivity index (χ0v) is 14.2. The zero-order chi connectivity index (χ0) is 15.4. The van der Waals surface area contributed by atoms with Gasteiger partial charge in [0.2, 0.25) is 0 Å². The lowest BCUT2D eigenvalue weighted by Gasteiger charge is -2.12. The van der Waals surface area contributed by atoms with Crippen LogP contribution in [0.15, 0.2) is 40.9 Å². The SMILES string of the molecule is CCc1ccc(CC)c(C(=O)c2ccc(Br)cc2OC)c1. The Morgan fingerprint density at radius 1 is 1.05 bits per heavy atom. The van der Waals surface area contributed by atoms with Gasteiger partial charge in [-0.25, -0.2) is 0 Å². The van der Waals surface area contributed by atoms with Crippen molar-refractivity contribution in [3.05, 3.63) is 63.1 Å². The number of benzene rings is 2. The van der Waals surface area contributed by atoms with E-state index in [1.807, 2.05) is 24.3 Å². The molecule has 0 radical (unpaired) electrons. The number of hydrogen-bond acceptors (Lipinski definition) is 2. The summed E-state index contributed by atoms with van der Waals surface area (Å²) >= 11 is 3.40. The van der Waals surface area contributed by atoms with E-state index in [9.17, 15) is 4.79 Å². The summed E-state index contributed by atoms with van der Waals surface area (Å²) in [5.74, 6) is 0.616. The third kappa shape index (κ3) is 3.35. The summed E-state index contributed by atoms with van der Waals surface area (Å²) < 4.78 is 6.25. The van der Waals surface area contributed by atoms with E-state index in [-0.39, 0.29) is 5.78 Å². The van der Waals surface area contributed by atoms with Crippen molar-refractivity contribution in [1.82, 2.24) is 0 Å². The van der Waals surface area contributed by atoms with Gasteiger partial charge in [-0.1, -0.05) is 41.9 Å². The van der Waals surface area contributed by atoms with Crippen LogP contribution in [-0.2, 0) is 12.8 Å². The maximum absolute atomic E-state index is 12.9. The Bertz CT molecular complexity index is 662. The number of hydrogen-bond donors (Lipinski definition) is 0. The minimum atomic E-state index is 0.0199. The lowest BCUT2D eigenvalue weighted by atomic mass is 9.94. The van der Waals surface area contributed by atoms with Gasteiger partial charge in [-0.15, -0.1) is 0 Å². The van der Waals surface area contributed by atoms with Crippen LogP contribution in [0.3, 0.4) is 0 Å². The molecule has 0 N–H and O–H groups in total. The van der Waals surface area contributed by atoms with Crippen molar-refractivity contribution < 1.29 is 9.53 Å². The fourth-order valence-electron chi connectivity index (χ4n) is 2.36. The van der Waals surface area contributed by atoms with Crippen LogP contribution in [0.4, 0.5) is 0 Å². The maximum atomic E-state index is 12.9. The molecule has 0 aromatic heterocycles. The second-order valence-corrected chi connectivity index (χ2v) is 5.79. The summed E-state index contributed by atoms with van der Waals surface area (Å²) in [5, 5.41) is 0. The molecule has 0 saturated carbocycles. The Labute approximate surface area is 134 Å². The number of ketones is 1. The summed E-state index contributed by atoms with van der Waals surface area (Å²) in [7, 11) is 1.59. The Morgan fingerprint density at radius 3 is 2.43 bits per heavy atom. The average molecular weight is 347 g/mol. The number of halogens is 1. The highest BCUT2D eigenvalue weighted by atomic mass is 79.9. The minimum absolute atomic E-state index is 0.0199. The first-order valence-corrected chi connectivity index (χ1v) is 7.90. The lowest BCUT2D eigenvalue weighted by molar-refractivity contribution is 0.103. The van der Waals surface area contributed by atoms with E-state index in [1.54, 1.807) is 7.11 Å². The van der Waals surface area contributed by atoms with Gasteiger partial charge in [0, 0.05) is 10.0 Å². The first-order chi connectivity index (χ1) is 10.1. The largest absolute Gasteiger partial charge is 0.496 e. The van der Waals surface area contributed by atoms with Crippen molar-refractivity contribution in [2.24, 2.45) is 0 Å². The summed E-state index contributed by atoms with van der Waals surface area (Å²) in [5.41, 5.74) is 3.62. The molecule has 2 aromatic carbocycles. The Balaban J connectivity index is 2.53. The van der Waals surface area contributed by atoms with Crippen LogP contribution in [0.2, 0.25) is 0 Å². The highest BCUT2D eigenvalue weighted by molar-refractivity contribution is 9.10. The molecule has 0 aliphatic heterocycles. The van der Waals surface area contributed by atoms with Gasteiger partial charge in [0.05, 0.1) is 12.7 Å². The molecule has 0 unspecified atom stereocenters. The molecular formula is C18H19BrO2. The second-order valence-electron chi connectivity index (χ2n) is 4.87. The molecule has 110 valence electrons. The Kier molecular flexibility index (Phi) is 5.18. The van der Waals surface area contributed by atoms with Crippen molar-refractivity contribution >= 4 is 21.7 Å². The molecule has 0 saturated heterocycles. The first-order valence-electron chi connectivity index (χ1n) is 7.10. The van der Waals surface area contributed by atoms with Gasteiger partial charge in [0.1, 0.15) is 5.75 Å². The molecule has 0 bridgehead atoms. The fraction of sp³-hybridized carbons (Fsp3) is 0.278. The minimum Gasteiger partial charge on any atom is -0.496 e. The molecule has 2 aromatic rings. The maximum Gasteiger partial charge on any atom is 0.197 e. The summed E-state index contributed by atoms with van der Waals surface area (Å²) in [6.07, 6.45) is 1.76. The molecule has 0 atom stereocenters. The van der Waals surface area contributed by atoms with Crippen LogP contribution >= 0.6 is 15.9 Å². The molecule has 0 aliphatic rings. The second kappa shape index (κ2) is 6.90. The van der Waals surface area contributed by atoms with Gasteiger partial charge in [-0.3, -0.25) is 4.79 Å². The molecule has 2 rings (SSSR count). The van der Waals surface area contributed by atoms with Gasteiger partial charge in [-0.2, -0.15) is 0 Å². The van der Waals surface area contributed by atoms with Crippen LogP contribution in [0, 0.1) is 0 Å². The predicted octanol–water partition coefficient (Wildman–Crippen LogP) is 4.81. The molecule has 0 spiro atoms. The first kappa shape index (κ1) is 15.8. The average Bonchev–Trinajstić information content (AvgIpc) is 2.53. The molecule has 21 heavy (non-hydrogen) atoms. The van der Waals surface area contributed by atoms with Crippen molar-refractivity contribution in [3.8, 4) is 5.75 Å². The van der Waals surface area contributed by atoms with Gasteiger partial charge in [-0.05, 0) is 48.2 Å². The topological polar surface area (TPSA) is 26.3 Å². The molecule has 3 heteroatoms. The monoisotopic (exact) mass is 346 g/mol. The van der Waals surface area contributed by atoms with Gasteiger partial charge >= 0.3 is 0 Å². The van der Waals surface area contributed by atoms with Crippen LogP contribution in [0.1, 0.15) is 40.9 Å². The van der Waals surface area contributed by atoms with Crippen molar-refractivity contribution in [1.29, 1.82) is 0 Å². The molecule has 2 nitrogen and oxygen atoms in total. The summed E-state index contributed by atoms with van der Waals surface area (Å²) in [4.78, 5) is 12.9. The summed E-state index contributed by atoms with van der Waals surface area (Å²) in [6, 6.07) is 11.6. The Hall–Kier alpha value is -1.61. The van der Waals surface area contributed by atoms with Gasteiger partial charge < -0.3 is 4.74 Å². The smallest absolute Gasteiger partial charge is 0.197 e. The van der Waals surface area contributed by atoms with E-state index in [1.165, 1.54) is 5.56 Å². The predicted molar refractivity (Wildman–Crippen MR) is 89.3 cm³/mol. The van der Waals surface area contributed by atoms with E-state index < -0.39 is 0 Å². The number of carbonyl (C=O) groups excluding carboxylic acids is 1. The van der Waals surface area contributed by atoms with Crippen LogP contribution in [-0.4, -0.2) is 12.9 Å². The molecular weight excluding hydrogens is 328 g/mol. The van der Waals surface area contributed by atoms with E-state index in [0.29, 0.717) is 11.3 Å².